The molecule has 0 saturated carbocycles. The highest BCUT2D eigenvalue weighted by molar-refractivity contribution is 6.08. The number of amides is 1. The maximum absolute atomic E-state index is 13.2. The van der Waals surface area contributed by atoms with Crippen molar-refractivity contribution in [2.75, 3.05) is 12.4 Å². The number of aromatic nitrogens is 2. The molecule has 35 heavy (non-hydrogen) atoms. The van der Waals surface area contributed by atoms with E-state index in [1.165, 1.54) is 54.2 Å². The Kier molecular flexibility index (Phi) is 8.25. The number of aliphatic hydroxyl groups excluding tert-OH is 1. The number of carbonyl (C=O) groups excluding carboxylic acids is 2. The monoisotopic (exact) mass is 476 g/mol. The fourth-order valence-corrected chi connectivity index (χ4v) is 3.14. The number of hydrogen-bond acceptors (Lipinski definition) is 6. The van der Waals surface area contributed by atoms with E-state index in [1.807, 2.05) is 0 Å². The minimum atomic E-state index is -0.910. The zero-order chi connectivity index (χ0) is 25.5. The van der Waals surface area contributed by atoms with Crippen molar-refractivity contribution >= 4 is 17.4 Å². The largest absolute Gasteiger partial charge is 0.381 e. The molecule has 0 saturated heterocycles. The molecule has 3 rings (SSSR count). The van der Waals surface area contributed by atoms with Crippen molar-refractivity contribution in [1.29, 1.82) is 0 Å². The average Bonchev–Trinajstić information content (AvgIpc) is 2.85. The van der Waals surface area contributed by atoms with Crippen LogP contribution in [0.3, 0.4) is 0 Å². The fraction of sp³-hybridized carbons (Fsp3) is 0.231. The van der Waals surface area contributed by atoms with E-state index in [9.17, 15) is 23.9 Å². The maximum Gasteiger partial charge on any atom is 0.275 e. The Morgan fingerprint density at radius 1 is 1.11 bits per heavy atom. The summed E-state index contributed by atoms with van der Waals surface area (Å²) in [6, 6.07) is 9.27. The van der Waals surface area contributed by atoms with Crippen LogP contribution in [0.5, 0.6) is 0 Å². The molecule has 3 N–H and O–H groups in total. The summed E-state index contributed by atoms with van der Waals surface area (Å²) >= 11 is 0. The second kappa shape index (κ2) is 11.3. The highest BCUT2D eigenvalue weighted by Gasteiger charge is 2.16. The molecule has 0 fully saturated rings. The number of nitrogens with one attached hydrogen (secondary N) is 2. The molecule has 1 amide bonds. The Morgan fingerprint density at radius 3 is 2.49 bits per heavy atom. The summed E-state index contributed by atoms with van der Waals surface area (Å²) in [4.78, 5) is 42.4. The van der Waals surface area contributed by atoms with Gasteiger partial charge in [-0.05, 0) is 74.8 Å². The number of pyridine rings is 2. The van der Waals surface area contributed by atoms with Crippen molar-refractivity contribution in [3.63, 3.8) is 0 Å². The summed E-state index contributed by atoms with van der Waals surface area (Å²) in [5.74, 6) is 4.20. The van der Waals surface area contributed by atoms with Gasteiger partial charge in [-0.3, -0.25) is 23.9 Å². The SMILES string of the molecule is CNC(C)C(=O)Nc1ccc(C#C[C@H](C)O)n(Cc2cncc(C(=O)c3ccc(F)cc3)c2)c1=O. The zero-order valence-corrected chi connectivity index (χ0v) is 19.5. The predicted octanol–water partition coefficient (Wildman–Crippen LogP) is 1.94. The number of halogens is 1. The number of benzene rings is 1. The van der Waals surface area contributed by atoms with Gasteiger partial charge >= 0.3 is 0 Å². The van der Waals surface area contributed by atoms with Crippen LogP contribution in [0, 0.1) is 17.7 Å². The van der Waals surface area contributed by atoms with Gasteiger partial charge in [0.1, 0.15) is 17.6 Å². The van der Waals surface area contributed by atoms with Gasteiger partial charge in [-0.25, -0.2) is 4.39 Å². The molecular formula is C26H25FN4O4. The van der Waals surface area contributed by atoms with E-state index in [0.29, 0.717) is 16.8 Å². The Morgan fingerprint density at radius 2 is 1.83 bits per heavy atom. The van der Waals surface area contributed by atoms with Gasteiger partial charge in [0.2, 0.25) is 5.91 Å². The first-order chi connectivity index (χ1) is 16.7. The minimum Gasteiger partial charge on any atom is -0.381 e. The second-order valence-corrected chi connectivity index (χ2v) is 7.89. The second-order valence-electron chi connectivity index (χ2n) is 7.89. The maximum atomic E-state index is 13.2. The summed E-state index contributed by atoms with van der Waals surface area (Å²) in [7, 11) is 1.63. The van der Waals surface area contributed by atoms with Gasteiger partial charge < -0.3 is 15.7 Å². The van der Waals surface area contributed by atoms with E-state index < -0.39 is 23.5 Å². The van der Waals surface area contributed by atoms with Crippen LogP contribution < -0.4 is 16.2 Å². The molecule has 1 unspecified atom stereocenters. The topological polar surface area (TPSA) is 113 Å². The number of rotatable bonds is 7. The van der Waals surface area contributed by atoms with Crippen LogP contribution >= 0.6 is 0 Å². The molecule has 1 aromatic carbocycles. The summed E-state index contributed by atoms with van der Waals surface area (Å²) in [6.07, 6.45) is 1.99. The van der Waals surface area contributed by atoms with E-state index in [0.717, 1.165) is 0 Å². The van der Waals surface area contributed by atoms with E-state index in [4.69, 9.17) is 0 Å². The van der Waals surface area contributed by atoms with Crippen LogP contribution in [0.4, 0.5) is 10.1 Å². The highest BCUT2D eigenvalue weighted by Crippen LogP contribution is 2.13. The van der Waals surface area contributed by atoms with Crippen molar-refractivity contribution in [3.05, 3.63) is 93.4 Å². The van der Waals surface area contributed by atoms with Crippen molar-refractivity contribution in [3.8, 4) is 11.8 Å². The fourth-order valence-electron chi connectivity index (χ4n) is 3.14. The number of anilines is 1. The minimum absolute atomic E-state index is 0.00544. The van der Waals surface area contributed by atoms with Crippen LogP contribution in [-0.4, -0.2) is 45.5 Å². The Hall–Kier alpha value is -4.13. The van der Waals surface area contributed by atoms with Crippen LogP contribution in [0.15, 0.2) is 59.7 Å². The molecule has 2 aromatic heterocycles. The third-order valence-electron chi connectivity index (χ3n) is 5.17. The van der Waals surface area contributed by atoms with Crippen LogP contribution in [0.2, 0.25) is 0 Å². The van der Waals surface area contributed by atoms with Gasteiger partial charge in [-0.1, -0.05) is 5.92 Å². The molecule has 0 aliphatic carbocycles. The molecule has 0 bridgehead atoms. The van der Waals surface area contributed by atoms with E-state index in [2.05, 4.69) is 27.5 Å². The molecule has 0 radical (unpaired) electrons. The van der Waals surface area contributed by atoms with Crippen LogP contribution in [-0.2, 0) is 11.3 Å². The van der Waals surface area contributed by atoms with Gasteiger partial charge in [0.15, 0.2) is 5.78 Å². The Labute approximate surface area is 201 Å². The predicted molar refractivity (Wildman–Crippen MR) is 130 cm³/mol. The van der Waals surface area contributed by atoms with Gasteiger partial charge in [-0.2, -0.15) is 0 Å². The van der Waals surface area contributed by atoms with Gasteiger partial charge in [0.05, 0.1) is 18.3 Å². The quantitative estimate of drug-likeness (QED) is 0.355. The molecule has 0 spiro atoms. The summed E-state index contributed by atoms with van der Waals surface area (Å²) in [5.41, 5.74) is 0.971. The smallest absolute Gasteiger partial charge is 0.275 e. The Bertz CT molecular complexity index is 1350. The van der Waals surface area contributed by atoms with Crippen LogP contribution in [0.1, 0.15) is 41.0 Å². The normalized spacial score (nSPS) is 12.3. The molecular weight excluding hydrogens is 451 g/mol. The standard InChI is InChI=1S/C26H25FN4O4/c1-16(32)4-9-22-10-11-23(30-25(34)17(2)28-3)26(35)31(22)15-18-12-20(14-29-13-18)24(33)19-5-7-21(27)8-6-19/h5-8,10-14,16-17,28,32H,15H2,1-3H3,(H,30,34)/t16-,17?/m0/s1. The molecule has 9 heteroatoms. The van der Waals surface area contributed by atoms with Crippen molar-refractivity contribution in [2.45, 2.75) is 32.5 Å². The highest BCUT2D eigenvalue weighted by atomic mass is 19.1. The third kappa shape index (κ3) is 6.47. The lowest BCUT2D eigenvalue weighted by molar-refractivity contribution is -0.117. The lowest BCUT2D eigenvalue weighted by Crippen LogP contribution is -2.37. The molecule has 3 aromatic rings. The summed E-state index contributed by atoms with van der Waals surface area (Å²) in [5, 5.41) is 15.0. The molecule has 2 atom stereocenters. The molecule has 0 aliphatic heterocycles. The van der Waals surface area contributed by atoms with E-state index >= 15 is 0 Å². The van der Waals surface area contributed by atoms with Crippen LogP contribution in [0.25, 0.3) is 0 Å². The molecule has 0 aliphatic rings. The number of ketones is 1. The Balaban J connectivity index is 1.99. The number of aliphatic hydroxyl groups is 1. The average molecular weight is 477 g/mol. The van der Waals surface area contributed by atoms with Gasteiger partial charge in [-0.15, -0.1) is 0 Å². The summed E-state index contributed by atoms with van der Waals surface area (Å²) < 4.78 is 14.5. The van der Waals surface area contributed by atoms with Gasteiger partial charge in [0.25, 0.3) is 5.56 Å². The number of hydrogen-bond donors (Lipinski definition) is 3. The number of carbonyl (C=O) groups is 2. The van der Waals surface area contributed by atoms with E-state index in [1.54, 1.807) is 26.1 Å². The molecule has 180 valence electrons. The van der Waals surface area contributed by atoms with Crippen molar-refractivity contribution in [2.24, 2.45) is 0 Å². The van der Waals surface area contributed by atoms with Crippen molar-refractivity contribution in [1.82, 2.24) is 14.9 Å². The lowest BCUT2D eigenvalue weighted by Gasteiger charge is -2.14. The number of nitrogens with zero attached hydrogens (tertiary/aromatic N) is 2. The third-order valence-corrected chi connectivity index (χ3v) is 5.17. The first kappa shape index (κ1) is 25.5. The first-order valence-corrected chi connectivity index (χ1v) is 10.9. The molecule has 8 nitrogen and oxygen atoms in total. The van der Waals surface area contributed by atoms with Gasteiger partial charge in [0, 0.05) is 23.5 Å². The number of likely N-dealkylation sites (N-methyl/N-ethyl adjacent to an activating group) is 1. The first-order valence-electron chi connectivity index (χ1n) is 10.9. The zero-order valence-electron chi connectivity index (χ0n) is 19.5. The van der Waals surface area contributed by atoms with Crippen molar-refractivity contribution < 1.29 is 19.1 Å². The lowest BCUT2D eigenvalue weighted by atomic mass is 10.0. The summed E-state index contributed by atoms with van der Waals surface area (Å²) in [6.45, 7) is 3.16. The molecule has 2 heterocycles. The van der Waals surface area contributed by atoms with E-state index in [-0.39, 0.29) is 29.5 Å².